The summed E-state index contributed by atoms with van der Waals surface area (Å²) in [7, 11) is 1.26. The van der Waals surface area contributed by atoms with Crippen LogP contribution in [0.25, 0.3) is 0 Å². The van der Waals surface area contributed by atoms with Crippen molar-refractivity contribution in [3.8, 4) is 0 Å². The number of carbonyl (C=O) groups is 2. The molecule has 7 nitrogen and oxygen atoms in total. The number of methoxy groups -OCH3 is 1. The number of aliphatic imine (C=N–C) groups is 1. The Hall–Kier alpha value is -2.22. The molecule has 1 aromatic rings. The standard InChI is InChI=1S/C20H25ClN2O5/c1-4-28-20(25)18-15(11-27-10-9-22)23-12(2)16(19(24)26-3)17(18)13-7-5-6-8-14(13)21/h5-8,16-17H,4,9-11,22H2,1-3H3/i11D. The lowest BCUT2D eigenvalue weighted by atomic mass is 9.75. The van der Waals surface area contributed by atoms with E-state index in [1.54, 1.807) is 38.1 Å². The van der Waals surface area contributed by atoms with Crippen molar-refractivity contribution in [3.05, 3.63) is 46.1 Å². The molecular weight excluding hydrogens is 384 g/mol. The summed E-state index contributed by atoms with van der Waals surface area (Å²) >= 11 is 6.42. The molecule has 28 heavy (non-hydrogen) atoms. The molecule has 0 radical (unpaired) electrons. The third-order valence-corrected chi connectivity index (χ3v) is 4.63. The van der Waals surface area contributed by atoms with Crippen molar-refractivity contribution in [2.45, 2.75) is 19.8 Å². The van der Waals surface area contributed by atoms with Crippen LogP contribution in [0.15, 0.2) is 40.5 Å². The first-order valence-electron chi connectivity index (χ1n) is 9.47. The predicted molar refractivity (Wildman–Crippen MR) is 106 cm³/mol. The Balaban J connectivity index is 2.75. The molecule has 0 saturated heterocycles. The Morgan fingerprint density at radius 1 is 1.36 bits per heavy atom. The lowest BCUT2D eigenvalue weighted by Crippen LogP contribution is -2.37. The van der Waals surface area contributed by atoms with Crippen LogP contribution in [-0.2, 0) is 23.8 Å². The monoisotopic (exact) mass is 409 g/mol. The van der Waals surface area contributed by atoms with Gasteiger partial charge >= 0.3 is 11.9 Å². The number of benzene rings is 1. The zero-order chi connectivity index (χ0) is 21.6. The molecule has 0 fully saturated rings. The maximum Gasteiger partial charge on any atom is 0.336 e. The fourth-order valence-electron chi connectivity index (χ4n) is 3.12. The lowest BCUT2D eigenvalue weighted by molar-refractivity contribution is -0.144. The summed E-state index contributed by atoms with van der Waals surface area (Å²) in [5.41, 5.74) is 6.51. The molecule has 1 heterocycles. The van der Waals surface area contributed by atoms with Gasteiger partial charge in [0.1, 0.15) is 5.92 Å². The third kappa shape index (κ3) is 4.79. The number of nitrogens with zero attached hydrogens (tertiary/aromatic N) is 1. The van der Waals surface area contributed by atoms with E-state index in [-0.39, 0.29) is 31.0 Å². The molecule has 152 valence electrons. The van der Waals surface area contributed by atoms with Gasteiger partial charge in [-0.15, -0.1) is 0 Å². The second-order valence-electron chi connectivity index (χ2n) is 6.05. The first kappa shape index (κ1) is 20.5. The molecule has 1 aliphatic rings. The van der Waals surface area contributed by atoms with Crippen molar-refractivity contribution in [2.24, 2.45) is 16.6 Å². The molecule has 2 N–H and O–H groups in total. The van der Waals surface area contributed by atoms with Gasteiger partial charge < -0.3 is 19.9 Å². The number of esters is 2. The van der Waals surface area contributed by atoms with Gasteiger partial charge in [-0.25, -0.2) is 4.79 Å². The molecule has 0 saturated carbocycles. The van der Waals surface area contributed by atoms with Crippen molar-refractivity contribution in [1.82, 2.24) is 0 Å². The zero-order valence-electron chi connectivity index (χ0n) is 17.1. The molecule has 3 atom stereocenters. The molecule has 3 unspecified atom stereocenters. The first-order chi connectivity index (χ1) is 13.9. The number of ether oxygens (including phenoxy) is 3. The number of hydrogen-bond acceptors (Lipinski definition) is 7. The van der Waals surface area contributed by atoms with Gasteiger partial charge in [-0.2, -0.15) is 0 Å². The third-order valence-electron chi connectivity index (χ3n) is 4.29. The molecule has 0 aromatic heterocycles. The quantitative estimate of drug-likeness (QED) is 0.662. The van der Waals surface area contributed by atoms with Crippen LogP contribution in [0.4, 0.5) is 0 Å². The molecule has 2 rings (SSSR count). The van der Waals surface area contributed by atoms with Crippen molar-refractivity contribution in [1.29, 1.82) is 0 Å². The molecule has 0 spiro atoms. The SMILES string of the molecule is [2H]C(OCCN)C1=C(C(=O)OCC)C(c2ccccc2Cl)C(C(=O)OC)C(C)=N1. The predicted octanol–water partition coefficient (Wildman–Crippen LogP) is 2.48. The van der Waals surface area contributed by atoms with Gasteiger partial charge in [0.15, 0.2) is 0 Å². The van der Waals surface area contributed by atoms with Crippen LogP contribution in [0.2, 0.25) is 5.02 Å². The number of nitrogens with two attached hydrogens (primary N) is 1. The summed E-state index contributed by atoms with van der Waals surface area (Å²) in [6.07, 6.45) is 0. The van der Waals surface area contributed by atoms with Crippen molar-refractivity contribution >= 4 is 29.3 Å². The smallest absolute Gasteiger partial charge is 0.336 e. The fraction of sp³-hybridized carbons (Fsp3) is 0.450. The van der Waals surface area contributed by atoms with Gasteiger partial charge in [-0.3, -0.25) is 9.79 Å². The molecule has 8 heteroatoms. The van der Waals surface area contributed by atoms with Gasteiger partial charge in [-0.05, 0) is 25.5 Å². The topological polar surface area (TPSA) is 100 Å². The summed E-state index contributed by atoms with van der Waals surface area (Å²) < 4.78 is 23.9. The van der Waals surface area contributed by atoms with E-state index in [9.17, 15) is 9.59 Å². The molecule has 1 aliphatic heterocycles. The van der Waals surface area contributed by atoms with Crippen molar-refractivity contribution < 1.29 is 25.2 Å². The molecule has 0 aliphatic carbocycles. The maximum absolute atomic E-state index is 12.9. The molecule has 0 bridgehead atoms. The highest BCUT2D eigenvalue weighted by Gasteiger charge is 2.43. The van der Waals surface area contributed by atoms with Crippen LogP contribution in [0.5, 0.6) is 0 Å². The summed E-state index contributed by atoms with van der Waals surface area (Å²) in [5.74, 6) is -2.99. The Kier molecular flexibility index (Phi) is 7.59. The Morgan fingerprint density at radius 2 is 2.07 bits per heavy atom. The molecule has 1 aromatic carbocycles. The van der Waals surface area contributed by atoms with E-state index in [0.29, 0.717) is 16.3 Å². The first-order valence-corrected chi connectivity index (χ1v) is 9.27. The van der Waals surface area contributed by atoms with E-state index >= 15 is 0 Å². The minimum atomic E-state index is -1.28. The zero-order valence-corrected chi connectivity index (χ0v) is 16.9. The normalized spacial score (nSPS) is 20.9. The van der Waals surface area contributed by atoms with E-state index in [1.807, 2.05) is 0 Å². The Bertz CT molecular complexity index is 827. The average Bonchev–Trinajstić information content (AvgIpc) is 2.71. The van der Waals surface area contributed by atoms with E-state index < -0.39 is 30.4 Å². The van der Waals surface area contributed by atoms with Gasteiger partial charge in [0, 0.05) is 23.2 Å². The molecule has 0 amide bonds. The highest BCUT2D eigenvalue weighted by atomic mass is 35.5. The van der Waals surface area contributed by atoms with Crippen LogP contribution < -0.4 is 5.73 Å². The molecular formula is C20H25ClN2O5. The van der Waals surface area contributed by atoms with Gasteiger partial charge in [0.25, 0.3) is 0 Å². The number of hydrogen-bond donors (Lipinski definition) is 1. The van der Waals surface area contributed by atoms with Crippen LogP contribution in [0.1, 0.15) is 26.7 Å². The van der Waals surface area contributed by atoms with Gasteiger partial charge in [0.2, 0.25) is 0 Å². The highest BCUT2D eigenvalue weighted by Crippen LogP contribution is 2.42. The van der Waals surface area contributed by atoms with Gasteiger partial charge in [-0.1, -0.05) is 29.8 Å². The van der Waals surface area contributed by atoms with Crippen LogP contribution in [0, 0.1) is 5.92 Å². The van der Waals surface area contributed by atoms with E-state index in [4.69, 9.17) is 32.9 Å². The number of rotatable bonds is 8. The lowest BCUT2D eigenvalue weighted by Gasteiger charge is -2.32. The average molecular weight is 410 g/mol. The summed E-state index contributed by atoms with van der Waals surface area (Å²) in [6.45, 7) is 2.46. The van der Waals surface area contributed by atoms with E-state index in [1.165, 1.54) is 7.11 Å². The number of carbonyl (C=O) groups excluding carboxylic acids is 2. The van der Waals surface area contributed by atoms with Crippen LogP contribution in [0.3, 0.4) is 0 Å². The van der Waals surface area contributed by atoms with E-state index in [0.717, 1.165) is 0 Å². The van der Waals surface area contributed by atoms with Crippen molar-refractivity contribution in [2.75, 3.05) is 33.5 Å². The van der Waals surface area contributed by atoms with Crippen molar-refractivity contribution in [3.63, 3.8) is 0 Å². The highest BCUT2D eigenvalue weighted by molar-refractivity contribution is 6.31. The fourth-order valence-corrected chi connectivity index (χ4v) is 3.37. The summed E-state index contributed by atoms with van der Waals surface area (Å²) in [5, 5.41) is 0.367. The number of halogens is 1. The van der Waals surface area contributed by atoms with Crippen LogP contribution >= 0.6 is 11.6 Å². The minimum absolute atomic E-state index is 0.0537. The summed E-state index contributed by atoms with van der Waals surface area (Å²) in [6, 6.07) is 6.88. The Labute approximate surface area is 170 Å². The minimum Gasteiger partial charge on any atom is -0.468 e. The largest absolute Gasteiger partial charge is 0.468 e. The second-order valence-corrected chi connectivity index (χ2v) is 6.46. The van der Waals surface area contributed by atoms with Gasteiger partial charge in [0.05, 0.1) is 39.5 Å². The van der Waals surface area contributed by atoms with E-state index in [2.05, 4.69) is 4.99 Å². The van der Waals surface area contributed by atoms with Crippen LogP contribution in [-0.4, -0.2) is 51.1 Å². The second kappa shape index (κ2) is 10.4. The maximum atomic E-state index is 12.9. The summed E-state index contributed by atoms with van der Waals surface area (Å²) in [4.78, 5) is 29.9. The Morgan fingerprint density at radius 3 is 2.68 bits per heavy atom.